The van der Waals surface area contributed by atoms with Crippen LogP contribution in [0.3, 0.4) is 0 Å². The predicted molar refractivity (Wildman–Crippen MR) is 122 cm³/mol. The van der Waals surface area contributed by atoms with E-state index >= 15 is 0 Å². The SMILES string of the molecule is C[C@H](NC(=O)CC(C)(C)N1CC[C@@H](Oc2cccc(C(F)(F)F)c2)C1)c1ccc(C(N)=O)cc1. The highest BCUT2D eigenvalue weighted by molar-refractivity contribution is 5.92. The highest BCUT2D eigenvalue weighted by Crippen LogP contribution is 2.33. The number of carbonyl (C=O) groups excluding carboxylic acids is 2. The van der Waals surface area contributed by atoms with Crippen molar-refractivity contribution in [2.24, 2.45) is 5.73 Å². The van der Waals surface area contributed by atoms with Gasteiger partial charge in [-0.1, -0.05) is 18.2 Å². The molecule has 0 aliphatic carbocycles. The normalized spacial score (nSPS) is 17.9. The second-order valence-corrected chi connectivity index (χ2v) is 9.26. The highest BCUT2D eigenvalue weighted by Gasteiger charge is 2.36. The molecule has 6 nitrogen and oxygen atoms in total. The summed E-state index contributed by atoms with van der Waals surface area (Å²) in [4.78, 5) is 26.1. The lowest BCUT2D eigenvalue weighted by atomic mass is 9.97. The molecule has 1 heterocycles. The third-order valence-corrected chi connectivity index (χ3v) is 6.13. The van der Waals surface area contributed by atoms with Crippen LogP contribution in [0.5, 0.6) is 5.75 Å². The monoisotopic (exact) mass is 477 g/mol. The van der Waals surface area contributed by atoms with E-state index < -0.39 is 23.2 Å². The summed E-state index contributed by atoms with van der Waals surface area (Å²) in [5.41, 5.74) is 5.31. The van der Waals surface area contributed by atoms with Crippen molar-refractivity contribution < 1.29 is 27.5 Å². The molecule has 1 fully saturated rings. The Labute approximate surface area is 197 Å². The van der Waals surface area contributed by atoms with Gasteiger partial charge in [0.25, 0.3) is 0 Å². The van der Waals surface area contributed by atoms with E-state index in [0.29, 0.717) is 25.1 Å². The van der Waals surface area contributed by atoms with Gasteiger partial charge in [-0.2, -0.15) is 13.2 Å². The van der Waals surface area contributed by atoms with Crippen molar-refractivity contribution in [2.45, 2.75) is 57.5 Å². The fraction of sp³-hybridized carbons (Fsp3) is 0.440. The average molecular weight is 478 g/mol. The molecule has 3 N–H and O–H groups in total. The zero-order valence-electron chi connectivity index (χ0n) is 19.5. The molecule has 0 bridgehead atoms. The first-order valence-corrected chi connectivity index (χ1v) is 11.1. The summed E-state index contributed by atoms with van der Waals surface area (Å²) in [7, 11) is 0. The maximum atomic E-state index is 12.9. The van der Waals surface area contributed by atoms with E-state index in [1.165, 1.54) is 12.1 Å². The van der Waals surface area contributed by atoms with Crippen LogP contribution in [0.2, 0.25) is 0 Å². The summed E-state index contributed by atoms with van der Waals surface area (Å²) >= 11 is 0. The number of hydrogen-bond donors (Lipinski definition) is 2. The molecule has 0 saturated carbocycles. The second-order valence-electron chi connectivity index (χ2n) is 9.26. The second kappa shape index (κ2) is 10.0. The number of nitrogens with one attached hydrogen (secondary N) is 1. The minimum Gasteiger partial charge on any atom is -0.489 e. The molecule has 2 atom stereocenters. The van der Waals surface area contributed by atoms with Crippen molar-refractivity contribution in [1.29, 1.82) is 0 Å². The first kappa shape index (κ1) is 25.6. The minimum atomic E-state index is -4.42. The largest absolute Gasteiger partial charge is 0.489 e. The Bertz CT molecular complexity index is 1020. The molecule has 0 aromatic heterocycles. The number of halogens is 3. The van der Waals surface area contributed by atoms with Crippen molar-refractivity contribution in [1.82, 2.24) is 10.2 Å². The Morgan fingerprint density at radius 3 is 2.47 bits per heavy atom. The van der Waals surface area contributed by atoms with Gasteiger partial charge >= 0.3 is 6.18 Å². The molecule has 2 aromatic rings. The van der Waals surface area contributed by atoms with Crippen LogP contribution in [-0.2, 0) is 11.0 Å². The van der Waals surface area contributed by atoms with Crippen molar-refractivity contribution in [3.63, 3.8) is 0 Å². The molecule has 1 saturated heterocycles. The van der Waals surface area contributed by atoms with Crippen LogP contribution in [0.4, 0.5) is 13.2 Å². The van der Waals surface area contributed by atoms with Crippen LogP contribution < -0.4 is 15.8 Å². The molecule has 2 aromatic carbocycles. The van der Waals surface area contributed by atoms with Gasteiger partial charge in [0, 0.05) is 30.6 Å². The van der Waals surface area contributed by atoms with Crippen molar-refractivity contribution in [2.75, 3.05) is 13.1 Å². The number of likely N-dealkylation sites (tertiary alicyclic amines) is 1. The van der Waals surface area contributed by atoms with Crippen LogP contribution in [-0.4, -0.2) is 41.4 Å². The van der Waals surface area contributed by atoms with Crippen LogP contribution >= 0.6 is 0 Å². The molecule has 1 aliphatic rings. The van der Waals surface area contributed by atoms with Gasteiger partial charge in [0.2, 0.25) is 11.8 Å². The van der Waals surface area contributed by atoms with Crippen LogP contribution in [0.1, 0.15) is 61.1 Å². The quantitative estimate of drug-likeness (QED) is 0.594. The first-order valence-electron chi connectivity index (χ1n) is 11.1. The van der Waals surface area contributed by atoms with E-state index in [-0.39, 0.29) is 30.2 Å². The third kappa shape index (κ3) is 6.50. The van der Waals surface area contributed by atoms with Crippen LogP contribution in [0.25, 0.3) is 0 Å². The van der Waals surface area contributed by atoms with E-state index in [1.54, 1.807) is 24.3 Å². The Kier molecular flexibility index (Phi) is 7.55. The number of ether oxygens (including phenoxy) is 1. The molecule has 0 spiro atoms. The summed E-state index contributed by atoms with van der Waals surface area (Å²) < 4.78 is 44.7. The molecule has 0 unspecified atom stereocenters. The summed E-state index contributed by atoms with van der Waals surface area (Å²) in [6.45, 7) is 6.98. The van der Waals surface area contributed by atoms with E-state index in [4.69, 9.17) is 10.5 Å². The van der Waals surface area contributed by atoms with Gasteiger partial charge in [-0.25, -0.2) is 0 Å². The smallest absolute Gasteiger partial charge is 0.416 e. The summed E-state index contributed by atoms with van der Waals surface area (Å²) in [6, 6.07) is 11.4. The summed E-state index contributed by atoms with van der Waals surface area (Å²) in [6.07, 6.45) is -3.78. The number of hydrogen-bond acceptors (Lipinski definition) is 4. The van der Waals surface area contributed by atoms with Crippen molar-refractivity contribution in [3.05, 3.63) is 65.2 Å². The lowest BCUT2D eigenvalue weighted by Crippen LogP contribution is -2.46. The minimum absolute atomic E-state index is 0.126. The molecular formula is C25H30F3N3O3. The lowest BCUT2D eigenvalue weighted by Gasteiger charge is -2.35. The number of nitrogens with zero attached hydrogens (tertiary/aromatic N) is 1. The van der Waals surface area contributed by atoms with Gasteiger partial charge in [-0.3, -0.25) is 14.5 Å². The number of amides is 2. The summed E-state index contributed by atoms with van der Waals surface area (Å²) in [5.74, 6) is -0.446. The standard InChI is InChI=1S/C25H30F3N3O3/c1-16(17-7-9-18(10-8-17)23(29)33)30-22(32)14-24(2,3)31-12-11-21(15-31)34-20-6-4-5-19(13-20)25(26,27)28/h4-10,13,16,21H,11-12,14-15H2,1-3H3,(H2,29,33)(H,30,32)/t16-,21+/m0/s1. The van der Waals surface area contributed by atoms with Crippen molar-refractivity contribution >= 4 is 11.8 Å². The van der Waals surface area contributed by atoms with Gasteiger partial charge in [0.1, 0.15) is 11.9 Å². The number of rotatable bonds is 8. The van der Waals surface area contributed by atoms with E-state index in [2.05, 4.69) is 10.2 Å². The van der Waals surface area contributed by atoms with E-state index in [0.717, 1.165) is 17.7 Å². The molecule has 9 heteroatoms. The Morgan fingerprint density at radius 1 is 1.18 bits per heavy atom. The van der Waals surface area contributed by atoms with Gasteiger partial charge in [-0.15, -0.1) is 0 Å². The van der Waals surface area contributed by atoms with Crippen molar-refractivity contribution in [3.8, 4) is 5.75 Å². The summed E-state index contributed by atoms with van der Waals surface area (Å²) in [5, 5.41) is 2.98. The third-order valence-electron chi connectivity index (χ3n) is 6.13. The molecule has 3 rings (SSSR count). The Hall–Kier alpha value is -3.07. The zero-order valence-corrected chi connectivity index (χ0v) is 19.5. The Morgan fingerprint density at radius 2 is 1.85 bits per heavy atom. The van der Waals surface area contributed by atoms with Gasteiger partial charge in [0.15, 0.2) is 0 Å². The molecule has 34 heavy (non-hydrogen) atoms. The van der Waals surface area contributed by atoms with Gasteiger partial charge < -0.3 is 15.8 Å². The maximum absolute atomic E-state index is 12.9. The van der Waals surface area contributed by atoms with Gasteiger partial charge in [-0.05, 0) is 63.1 Å². The number of alkyl halides is 3. The van der Waals surface area contributed by atoms with Crippen LogP contribution in [0.15, 0.2) is 48.5 Å². The first-order chi connectivity index (χ1) is 15.8. The topological polar surface area (TPSA) is 84.7 Å². The predicted octanol–water partition coefficient (Wildman–Crippen LogP) is 4.30. The molecule has 0 radical (unpaired) electrons. The number of primary amides is 1. The molecule has 1 aliphatic heterocycles. The number of carbonyl (C=O) groups is 2. The highest BCUT2D eigenvalue weighted by atomic mass is 19.4. The van der Waals surface area contributed by atoms with E-state index in [9.17, 15) is 22.8 Å². The fourth-order valence-electron chi connectivity index (χ4n) is 4.13. The molecule has 2 amide bonds. The zero-order chi connectivity index (χ0) is 25.1. The molecular weight excluding hydrogens is 447 g/mol. The molecule has 184 valence electrons. The van der Waals surface area contributed by atoms with Crippen LogP contribution in [0, 0.1) is 0 Å². The van der Waals surface area contributed by atoms with E-state index in [1.807, 2.05) is 20.8 Å². The number of nitrogens with two attached hydrogens (primary N) is 1. The average Bonchev–Trinajstić information content (AvgIpc) is 3.22. The lowest BCUT2D eigenvalue weighted by molar-refractivity contribution is -0.137. The Balaban J connectivity index is 1.54. The fourth-order valence-corrected chi connectivity index (χ4v) is 4.13. The van der Waals surface area contributed by atoms with Gasteiger partial charge in [0.05, 0.1) is 11.6 Å². The maximum Gasteiger partial charge on any atom is 0.416 e. The number of benzene rings is 2.